The molecule has 16 heavy (non-hydrogen) atoms. The summed E-state index contributed by atoms with van der Waals surface area (Å²) in [6.07, 6.45) is 1.31. The van der Waals surface area contributed by atoms with E-state index in [1.54, 1.807) is 6.07 Å². The largest absolute Gasteiger partial charge is 0.545 e. The van der Waals surface area contributed by atoms with Crippen LogP contribution in [0.25, 0.3) is 0 Å². The number of carbonyl (C=O) groups is 2. The Morgan fingerprint density at radius 2 is 2.06 bits per heavy atom. The second-order valence-corrected chi connectivity index (χ2v) is 3.68. The standard InChI is InChI=1S/C10H7BrFNO3/c11-6-1-2-8(7(12)5-6)13-9(14)3-4-10(15)16/h1-5H,(H,13,14)(H,15,16)/p-1/b4-3-. The van der Waals surface area contributed by atoms with E-state index in [2.05, 4.69) is 21.2 Å². The molecule has 0 aliphatic carbocycles. The molecule has 1 aromatic carbocycles. The Hall–Kier alpha value is -1.69. The van der Waals surface area contributed by atoms with Gasteiger partial charge in [0.25, 0.3) is 0 Å². The van der Waals surface area contributed by atoms with Crippen molar-refractivity contribution in [3.63, 3.8) is 0 Å². The van der Waals surface area contributed by atoms with Gasteiger partial charge in [0.2, 0.25) is 5.91 Å². The number of aliphatic carboxylic acids is 1. The number of amides is 1. The van der Waals surface area contributed by atoms with Gasteiger partial charge in [0.15, 0.2) is 0 Å². The maximum Gasteiger partial charge on any atom is 0.248 e. The summed E-state index contributed by atoms with van der Waals surface area (Å²) in [6, 6.07) is 4.07. The highest BCUT2D eigenvalue weighted by molar-refractivity contribution is 9.10. The van der Waals surface area contributed by atoms with Gasteiger partial charge in [0, 0.05) is 10.5 Å². The minimum Gasteiger partial charge on any atom is -0.545 e. The number of hydrogen-bond acceptors (Lipinski definition) is 3. The van der Waals surface area contributed by atoms with Crippen molar-refractivity contribution in [3.8, 4) is 0 Å². The third-order valence-corrected chi connectivity index (χ3v) is 2.05. The monoisotopic (exact) mass is 286 g/mol. The van der Waals surface area contributed by atoms with Crippen molar-refractivity contribution in [2.24, 2.45) is 0 Å². The summed E-state index contributed by atoms with van der Waals surface area (Å²) < 4.78 is 13.7. The van der Waals surface area contributed by atoms with Crippen LogP contribution in [0.3, 0.4) is 0 Å². The van der Waals surface area contributed by atoms with Gasteiger partial charge in [-0.05, 0) is 24.3 Å². The first kappa shape index (κ1) is 12.4. The number of halogens is 2. The van der Waals surface area contributed by atoms with Crippen molar-refractivity contribution < 1.29 is 19.1 Å². The molecule has 0 bridgehead atoms. The number of rotatable bonds is 3. The molecule has 0 heterocycles. The SMILES string of the molecule is O=C([O-])/C=C\C(=O)Nc1ccc(Br)cc1F. The van der Waals surface area contributed by atoms with Crippen molar-refractivity contribution >= 4 is 33.5 Å². The average molecular weight is 287 g/mol. The molecular formula is C10H6BrFNO3-. The third kappa shape index (κ3) is 3.82. The van der Waals surface area contributed by atoms with E-state index in [0.29, 0.717) is 10.5 Å². The van der Waals surface area contributed by atoms with Crippen LogP contribution in [0.2, 0.25) is 0 Å². The van der Waals surface area contributed by atoms with Gasteiger partial charge < -0.3 is 15.2 Å². The fourth-order valence-electron chi connectivity index (χ4n) is 0.909. The van der Waals surface area contributed by atoms with E-state index in [4.69, 9.17) is 0 Å². The second-order valence-electron chi connectivity index (χ2n) is 2.77. The van der Waals surface area contributed by atoms with Crippen LogP contribution >= 0.6 is 15.9 Å². The van der Waals surface area contributed by atoms with Crippen LogP contribution in [0.4, 0.5) is 10.1 Å². The molecule has 1 N–H and O–H groups in total. The summed E-state index contributed by atoms with van der Waals surface area (Å²) in [4.78, 5) is 21.1. The lowest BCUT2D eigenvalue weighted by atomic mass is 10.3. The van der Waals surface area contributed by atoms with Gasteiger partial charge in [0.05, 0.1) is 11.7 Å². The van der Waals surface area contributed by atoms with Crippen LogP contribution in [-0.4, -0.2) is 11.9 Å². The summed E-state index contributed by atoms with van der Waals surface area (Å²) in [5.41, 5.74) is -0.0313. The second kappa shape index (κ2) is 5.41. The summed E-state index contributed by atoms with van der Waals surface area (Å²) in [7, 11) is 0. The van der Waals surface area contributed by atoms with Crippen molar-refractivity contribution in [2.75, 3.05) is 5.32 Å². The fraction of sp³-hybridized carbons (Fsp3) is 0. The highest BCUT2D eigenvalue weighted by atomic mass is 79.9. The molecule has 0 unspecified atom stereocenters. The Morgan fingerprint density at radius 3 is 2.62 bits per heavy atom. The summed E-state index contributed by atoms with van der Waals surface area (Å²) in [5, 5.41) is 12.2. The van der Waals surface area contributed by atoms with Gasteiger partial charge in [-0.15, -0.1) is 0 Å². The Morgan fingerprint density at radius 1 is 1.38 bits per heavy atom. The highest BCUT2D eigenvalue weighted by Gasteiger charge is 2.04. The molecule has 0 aliphatic heterocycles. The van der Waals surface area contributed by atoms with Crippen LogP contribution in [-0.2, 0) is 9.59 Å². The topological polar surface area (TPSA) is 69.2 Å². The van der Waals surface area contributed by atoms with Gasteiger partial charge in [-0.1, -0.05) is 15.9 Å². The molecule has 4 nitrogen and oxygen atoms in total. The summed E-state index contributed by atoms with van der Waals surface area (Å²) in [6.45, 7) is 0. The third-order valence-electron chi connectivity index (χ3n) is 1.56. The molecule has 0 aliphatic rings. The van der Waals surface area contributed by atoms with Gasteiger partial charge in [-0.25, -0.2) is 4.39 Å². The van der Waals surface area contributed by atoms with Crippen LogP contribution in [0.5, 0.6) is 0 Å². The molecule has 0 aromatic heterocycles. The molecule has 1 aromatic rings. The van der Waals surface area contributed by atoms with Crippen molar-refractivity contribution in [1.82, 2.24) is 0 Å². The summed E-state index contributed by atoms with van der Waals surface area (Å²) >= 11 is 3.06. The predicted molar refractivity (Wildman–Crippen MR) is 56.9 cm³/mol. The number of nitrogens with one attached hydrogen (secondary N) is 1. The Balaban J connectivity index is 2.73. The molecular weight excluding hydrogens is 281 g/mol. The molecule has 6 heteroatoms. The lowest BCUT2D eigenvalue weighted by Gasteiger charge is -2.03. The van der Waals surface area contributed by atoms with E-state index in [1.165, 1.54) is 12.1 Å². The van der Waals surface area contributed by atoms with Crippen LogP contribution in [0.1, 0.15) is 0 Å². The molecule has 0 radical (unpaired) electrons. The summed E-state index contributed by atoms with van der Waals surface area (Å²) in [5.74, 6) is -2.86. The highest BCUT2D eigenvalue weighted by Crippen LogP contribution is 2.19. The molecule has 0 saturated carbocycles. The minimum atomic E-state index is -1.49. The number of carbonyl (C=O) groups excluding carboxylic acids is 2. The molecule has 84 valence electrons. The first-order valence-corrected chi connectivity index (χ1v) is 4.93. The molecule has 0 saturated heterocycles. The van der Waals surface area contributed by atoms with Gasteiger partial charge in [-0.3, -0.25) is 4.79 Å². The van der Waals surface area contributed by atoms with Crippen LogP contribution in [0, 0.1) is 5.82 Å². The first-order chi connectivity index (χ1) is 7.49. The van der Waals surface area contributed by atoms with E-state index < -0.39 is 17.7 Å². The zero-order valence-electron chi connectivity index (χ0n) is 7.87. The number of benzene rings is 1. The molecule has 1 rings (SSSR count). The quantitative estimate of drug-likeness (QED) is 0.837. The lowest BCUT2D eigenvalue weighted by molar-refractivity contribution is -0.297. The normalized spacial score (nSPS) is 10.4. The zero-order valence-corrected chi connectivity index (χ0v) is 9.45. The van der Waals surface area contributed by atoms with E-state index in [-0.39, 0.29) is 5.69 Å². The van der Waals surface area contributed by atoms with Crippen molar-refractivity contribution in [2.45, 2.75) is 0 Å². The average Bonchev–Trinajstić information content (AvgIpc) is 2.19. The van der Waals surface area contributed by atoms with Crippen molar-refractivity contribution in [3.05, 3.63) is 40.6 Å². The molecule has 0 fully saturated rings. The Kier molecular flexibility index (Phi) is 4.19. The van der Waals surface area contributed by atoms with Gasteiger partial charge in [0.1, 0.15) is 5.82 Å². The number of hydrogen-bond donors (Lipinski definition) is 1. The maximum absolute atomic E-state index is 13.2. The van der Waals surface area contributed by atoms with E-state index in [0.717, 1.165) is 6.08 Å². The zero-order chi connectivity index (χ0) is 12.1. The molecule has 0 atom stereocenters. The Labute approximate surface area is 98.9 Å². The van der Waals surface area contributed by atoms with Crippen LogP contribution < -0.4 is 10.4 Å². The lowest BCUT2D eigenvalue weighted by Crippen LogP contribution is -2.20. The smallest absolute Gasteiger partial charge is 0.248 e. The Bertz CT molecular complexity index is 459. The van der Waals surface area contributed by atoms with Gasteiger partial charge >= 0.3 is 0 Å². The van der Waals surface area contributed by atoms with E-state index >= 15 is 0 Å². The van der Waals surface area contributed by atoms with E-state index in [1.807, 2.05) is 0 Å². The minimum absolute atomic E-state index is 0.0313. The van der Waals surface area contributed by atoms with Gasteiger partial charge in [-0.2, -0.15) is 0 Å². The van der Waals surface area contributed by atoms with Crippen LogP contribution in [0.15, 0.2) is 34.8 Å². The molecule has 0 spiro atoms. The fourth-order valence-corrected chi connectivity index (χ4v) is 1.24. The van der Waals surface area contributed by atoms with E-state index in [9.17, 15) is 19.1 Å². The number of carboxylic acid groups (broad SMARTS) is 1. The number of carboxylic acids is 1. The predicted octanol–water partition coefficient (Wildman–Crippen LogP) is 0.833. The van der Waals surface area contributed by atoms with Crippen molar-refractivity contribution in [1.29, 1.82) is 0 Å². The number of anilines is 1. The maximum atomic E-state index is 13.2. The molecule has 1 amide bonds. The first-order valence-electron chi connectivity index (χ1n) is 4.14.